The van der Waals surface area contributed by atoms with Crippen molar-refractivity contribution in [3.05, 3.63) is 113 Å². The summed E-state index contributed by atoms with van der Waals surface area (Å²) in [6.07, 6.45) is 1.93. The fourth-order valence-corrected chi connectivity index (χ4v) is 2.88. The number of rotatable bonds is 3. The van der Waals surface area contributed by atoms with E-state index in [0.29, 0.717) is 0 Å². The number of fused-ring (bicyclic) bond motifs is 1. The van der Waals surface area contributed by atoms with Crippen molar-refractivity contribution in [2.45, 2.75) is 0 Å². The molecule has 3 heteroatoms. The third kappa shape index (κ3) is 3.38. The van der Waals surface area contributed by atoms with Crippen molar-refractivity contribution < 1.29 is 8.78 Å². The summed E-state index contributed by atoms with van der Waals surface area (Å²) in [5, 5.41) is 1.05. The van der Waals surface area contributed by atoms with Crippen molar-refractivity contribution in [3.8, 4) is 0 Å². The van der Waals surface area contributed by atoms with Crippen LogP contribution in [-0.4, -0.2) is 4.98 Å². The Bertz CT molecular complexity index is 1080. The van der Waals surface area contributed by atoms with E-state index in [2.05, 4.69) is 0 Å². The van der Waals surface area contributed by atoms with Gasteiger partial charge in [-0.25, -0.2) is 13.8 Å². The van der Waals surface area contributed by atoms with Crippen LogP contribution >= 0.6 is 0 Å². The molecule has 0 unspecified atom stereocenters. The van der Waals surface area contributed by atoms with E-state index in [9.17, 15) is 8.78 Å². The van der Waals surface area contributed by atoms with Crippen molar-refractivity contribution in [2.75, 3.05) is 0 Å². The van der Waals surface area contributed by atoms with E-state index in [4.69, 9.17) is 4.98 Å². The van der Waals surface area contributed by atoms with Crippen LogP contribution in [0.4, 0.5) is 8.78 Å². The van der Waals surface area contributed by atoms with Gasteiger partial charge in [-0.15, -0.1) is 0 Å². The van der Waals surface area contributed by atoms with Crippen LogP contribution in [0.5, 0.6) is 0 Å². The van der Waals surface area contributed by atoms with E-state index in [-0.39, 0.29) is 11.6 Å². The second-order valence-electron chi connectivity index (χ2n) is 6.01. The second kappa shape index (κ2) is 6.89. The van der Waals surface area contributed by atoms with Crippen molar-refractivity contribution in [3.63, 3.8) is 0 Å². The molecule has 0 bridgehead atoms. The van der Waals surface area contributed by atoms with Gasteiger partial charge in [-0.1, -0.05) is 48.5 Å². The summed E-state index contributed by atoms with van der Waals surface area (Å²) in [5.74, 6) is -0.573. The highest BCUT2D eigenvalue weighted by Gasteiger charge is 2.09. The van der Waals surface area contributed by atoms with Crippen LogP contribution in [-0.2, 0) is 0 Å². The first kappa shape index (κ1) is 16.2. The number of aromatic nitrogens is 1. The highest BCUT2D eigenvalue weighted by Crippen LogP contribution is 2.27. The largest absolute Gasteiger partial charge is 0.248 e. The molecule has 0 aliphatic rings. The van der Waals surface area contributed by atoms with Gasteiger partial charge in [0.25, 0.3) is 0 Å². The summed E-state index contributed by atoms with van der Waals surface area (Å²) in [5.41, 5.74) is 4.21. The molecule has 1 nitrogen and oxygen atoms in total. The fraction of sp³-hybridized carbons (Fsp3) is 0. The van der Waals surface area contributed by atoms with Crippen LogP contribution in [0.25, 0.3) is 22.6 Å². The highest BCUT2D eigenvalue weighted by molar-refractivity contribution is 5.92. The van der Waals surface area contributed by atoms with Gasteiger partial charge in [-0.05, 0) is 53.6 Å². The predicted octanol–water partition coefficient (Wildman–Crippen LogP) is 6.10. The maximum absolute atomic E-state index is 13.4. The van der Waals surface area contributed by atoms with E-state index >= 15 is 0 Å². The molecule has 0 amide bonds. The van der Waals surface area contributed by atoms with Gasteiger partial charge in [0.1, 0.15) is 11.6 Å². The lowest BCUT2D eigenvalue weighted by Crippen LogP contribution is -1.93. The molecule has 0 aliphatic carbocycles. The topological polar surface area (TPSA) is 12.9 Å². The molecule has 0 fully saturated rings. The van der Waals surface area contributed by atoms with E-state index < -0.39 is 0 Å². The minimum atomic E-state index is -0.290. The lowest BCUT2D eigenvalue weighted by atomic mass is 9.98. The zero-order valence-electron chi connectivity index (χ0n) is 13.9. The highest BCUT2D eigenvalue weighted by atomic mass is 19.1. The maximum atomic E-state index is 13.4. The Labute approximate surface area is 150 Å². The lowest BCUT2D eigenvalue weighted by molar-refractivity contribution is 0.627. The quantitative estimate of drug-likeness (QED) is 0.409. The maximum Gasteiger partial charge on any atom is 0.123 e. The molecule has 0 atom stereocenters. The molecule has 1 heterocycles. The number of para-hydroxylation sites is 1. The Morgan fingerprint density at radius 1 is 0.692 bits per heavy atom. The van der Waals surface area contributed by atoms with E-state index in [1.165, 1.54) is 24.3 Å². The summed E-state index contributed by atoms with van der Waals surface area (Å²) in [6, 6.07) is 24.4. The van der Waals surface area contributed by atoms with Crippen LogP contribution in [0, 0.1) is 11.6 Å². The van der Waals surface area contributed by atoms with Gasteiger partial charge in [0.15, 0.2) is 0 Å². The number of halogens is 2. The molecule has 0 saturated heterocycles. The molecule has 0 aliphatic heterocycles. The minimum Gasteiger partial charge on any atom is -0.248 e. The van der Waals surface area contributed by atoms with Crippen LogP contribution in [0.3, 0.4) is 0 Å². The first-order valence-electron chi connectivity index (χ1n) is 8.28. The van der Waals surface area contributed by atoms with Crippen LogP contribution < -0.4 is 0 Å². The molecular weight excluding hydrogens is 328 g/mol. The number of hydrogen-bond donors (Lipinski definition) is 0. The zero-order valence-corrected chi connectivity index (χ0v) is 13.9. The molecule has 0 N–H and O–H groups in total. The van der Waals surface area contributed by atoms with Crippen molar-refractivity contribution in [1.82, 2.24) is 4.98 Å². The summed E-state index contributed by atoms with van der Waals surface area (Å²) < 4.78 is 26.6. The second-order valence-corrected chi connectivity index (χ2v) is 6.01. The Morgan fingerprint density at radius 2 is 1.35 bits per heavy atom. The summed E-state index contributed by atoms with van der Waals surface area (Å²) in [6.45, 7) is 0. The van der Waals surface area contributed by atoms with Gasteiger partial charge in [0.2, 0.25) is 0 Å². The smallest absolute Gasteiger partial charge is 0.123 e. The summed E-state index contributed by atoms with van der Waals surface area (Å²) in [4.78, 5) is 4.75. The molecule has 26 heavy (non-hydrogen) atoms. The van der Waals surface area contributed by atoms with Gasteiger partial charge < -0.3 is 0 Å². The Balaban J connectivity index is 1.88. The van der Waals surface area contributed by atoms with Gasteiger partial charge >= 0.3 is 0 Å². The number of hydrogen-bond acceptors (Lipinski definition) is 1. The average molecular weight is 343 g/mol. The number of pyridine rings is 1. The molecule has 1 aromatic heterocycles. The van der Waals surface area contributed by atoms with Crippen molar-refractivity contribution in [1.29, 1.82) is 0 Å². The molecule has 0 radical (unpaired) electrons. The minimum absolute atomic E-state index is 0.283. The summed E-state index contributed by atoms with van der Waals surface area (Å²) in [7, 11) is 0. The summed E-state index contributed by atoms with van der Waals surface area (Å²) >= 11 is 0. The lowest BCUT2D eigenvalue weighted by Gasteiger charge is -2.10. The normalized spacial score (nSPS) is 11.7. The molecule has 4 rings (SSSR count). The van der Waals surface area contributed by atoms with Crippen LogP contribution in [0.2, 0.25) is 0 Å². The average Bonchev–Trinajstić information content (AvgIpc) is 2.68. The van der Waals surface area contributed by atoms with Gasteiger partial charge in [0.05, 0.1) is 11.2 Å². The Hall–Kier alpha value is -3.33. The van der Waals surface area contributed by atoms with Crippen LogP contribution in [0.1, 0.15) is 16.8 Å². The first-order chi connectivity index (χ1) is 12.7. The number of nitrogens with zero attached hydrogens (tertiary/aromatic N) is 1. The van der Waals surface area contributed by atoms with E-state index in [1.807, 2.05) is 42.5 Å². The van der Waals surface area contributed by atoms with Crippen molar-refractivity contribution >= 4 is 22.6 Å². The molecule has 3 aromatic carbocycles. The van der Waals surface area contributed by atoms with Crippen molar-refractivity contribution in [2.24, 2.45) is 0 Å². The molecule has 4 aromatic rings. The monoisotopic (exact) mass is 343 g/mol. The van der Waals surface area contributed by atoms with Crippen LogP contribution in [0.15, 0.2) is 84.9 Å². The van der Waals surface area contributed by atoms with E-state index in [0.717, 1.165) is 33.3 Å². The molecule has 126 valence electrons. The third-order valence-corrected chi connectivity index (χ3v) is 4.21. The predicted molar refractivity (Wildman–Crippen MR) is 102 cm³/mol. The Morgan fingerprint density at radius 3 is 2.08 bits per heavy atom. The Kier molecular flexibility index (Phi) is 4.28. The zero-order chi connectivity index (χ0) is 17.9. The third-order valence-electron chi connectivity index (χ3n) is 4.21. The van der Waals surface area contributed by atoms with E-state index in [1.54, 1.807) is 24.3 Å². The molecule has 0 spiro atoms. The van der Waals surface area contributed by atoms with Gasteiger partial charge in [0, 0.05) is 11.0 Å². The number of benzene rings is 3. The molecular formula is C23H15F2N. The first-order valence-corrected chi connectivity index (χ1v) is 8.28. The molecule has 0 saturated carbocycles. The standard InChI is InChI=1S/C23H15F2N/c24-19-10-5-16(6-11-19)15-21(17-7-12-20(25)13-8-17)23-14-9-18-3-1-2-4-22(18)26-23/h1-15H/b21-15+. The van der Waals surface area contributed by atoms with Gasteiger partial charge in [-0.2, -0.15) is 0 Å². The fourth-order valence-electron chi connectivity index (χ4n) is 2.88. The SMILES string of the molecule is Fc1ccc(/C=C(\c2ccc(F)cc2)c2ccc3ccccc3n2)cc1. The van der Waals surface area contributed by atoms with Gasteiger partial charge in [-0.3, -0.25) is 0 Å².